The van der Waals surface area contributed by atoms with Gasteiger partial charge in [0.2, 0.25) is 5.95 Å². The molecule has 0 aliphatic carbocycles. The highest BCUT2D eigenvalue weighted by atomic mass is 35.5. The fourth-order valence-electron chi connectivity index (χ4n) is 4.65. The molecule has 2 atom stereocenters. The Morgan fingerprint density at radius 3 is 2.49 bits per heavy atom. The van der Waals surface area contributed by atoms with Crippen LogP contribution in [0.15, 0.2) is 31.0 Å². The molecule has 2 aliphatic heterocycles. The van der Waals surface area contributed by atoms with Crippen molar-refractivity contribution in [2.75, 3.05) is 51.3 Å². The van der Waals surface area contributed by atoms with E-state index in [1.807, 2.05) is 6.07 Å². The number of carbonyl (C=O) groups is 1. The summed E-state index contributed by atoms with van der Waals surface area (Å²) in [5.74, 6) is 1.86. The van der Waals surface area contributed by atoms with Gasteiger partial charge in [-0.05, 0) is 24.5 Å². The fraction of sp³-hybridized carbons (Fsp3) is 0.407. The summed E-state index contributed by atoms with van der Waals surface area (Å²) in [6.07, 6.45) is 4.23. The van der Waals surface area contributed by atoms with Gasteiger partial charge in [-0.15, -0.1) is 0 Å². The van der Waals surface area contributed by atoms with Crippen molar-refractivity contribution in [2.24, 2.45) is 5.92 Å². The molecule has 0 unspecified atom stereocenters. The smallest absolute Gasteiger partial charge is 0.223 e. The molecule has 2 aliphatic rings. The van der Waals surface area contributed by atoms with Gasteiger partial charge in [0.05, 0.1) is 61.9 Å². The van der Waals surface area contributed by atoms with Gasteiger partial charge in [-0.3, -0.25) is 4.79 Å². The zero-order valence-electron chi connectivity index (χ0n) is 21.6. The molecule has 0 bridgehead atoms. The Morgan fingerprint density at radius 2 is 1.85 bits per heavy atom. The average Bonchev–Trinajstić information content (AvgIpc) is 2.92. The molecule has 0 saturated carbocycles. The van der Waals surface area contributed by atoms with Crippen molar-refractivity contribution in [3.05, 3.63) is 41.0 Å². The van der Waals surface area contributed by atoms with E-state index in [-0.39, 0.29) is 23.8 Å². The zero-order chi connectivity index (χ0) is 27.5. The van der Waals surface area contributed by atoms with Crippen LogP contribution in [0.25, 0.3) is 22.2 Å². The molecular formula is C27H29Cl2N5O5. The van der Waals surface area contributed by atoms with Crippen LogP contribution in [0.1, 0.15) is 12.8 Å². The van der Waals surface area contributed by atoms with Crippen LogP contribution in [0.5, 0.6) is 11.5 Å². The molecular weight excluding hydrogens is 545 g/mol. The minimum atomic E-state index is -0.120. The van der Waals surface area contributed by atoms with Crippen LogP contribution in [0, 0.1) is 5.92 Å². The van der Waals surface area contributed by atoms with Crippen LogP contribution in [-0.4, -0.2) is 73.5 Å². The van der Waals surface area contributed by atoms with Crippen LogP contribution in [-0.2, 0) is 14.3 Å². The van der Waals surface area contributed by atoms with Crippen molar-refractivity contribution in [3.8, 4) is 22.8 Å². The quantitative estimate of drug-likeness (QED) is 0.328. The summed E-state index contributed by atoms with van der Waals surface area (Å²) in [4.78, 5) is 26.3. The fourth-order valence-corrected chi connectivity index (χ4v) is 5.35. The van der Waals surface area contributed by atoms with E-state index in [4.69, 9.17) is 52.1 Å². The Balaban J connectivity index is 1.55. The van der Waals surface area contributed by atoms with E-state index in [0.717, 1.165) is 11.8 Å². The number of anilines is 2. The molecule has 2 saturated heterocycles. The monoisotopic (exact) mass is 573 g/mol. The average molecular weight is 574 g/mol. The third-order valence-electron chi connectivity index (χ3n) is 6.88. The Morgan fingerprint density at radius 1 is 1.10 bits per heavy atom. The van der Waals surface area contributed by atoms with Crippen LogP contribution >= 0.6 is 23.2 Å². The van der Waals surface area contributed by atoms with E-state index in [1.54, 1.807) is 12.3 Å². The molecule has 0 amide bonds. The Kier molecular flexibility index (Phi) is 8.37. The number of nitrogens with zero attached hydrogens (tertiary/aromatic N) is 3. The Labute approximate surface area is 236 Å². The lowest BCUT2D eigenvalue weighted by atomic mass is 9.90. The number of methoxy groups -OCH3 is 2. The van der Waals surface area contributed by atoms with E-state index < -0.39 is 0 Å². The number of aromatic nitrogens is 3. The molecule has 2 fully saturated rings. The third kappa shape index (κ3) is 5.74. The molecule has 4 heterocycles. The third-order valence-corrected chi connectivity index (χ3v) is 7.63. The Hall–Kier alpha value is -3.18. The number of benzene rings is 1. The van der Waals surface area contributed by atoms with Gasteiger partial charge in [0, 0.05) is 36.2 Å². The maximum Gasteiger partial charge on any atom is 0.223 e. The highest BCUT2D eigenvalue weighted by Gasteiger charge is 2.29. The lowest BCUT2D eigenvalue weighted by Crippen LogP contribution is -2.40. The van der Waals surface area contributed by atoms with Gasteiger partial charge < -0.3 is 29.6 Å². The SMILES string of the molecule is C=CC(=O)C[C@H]1CCOC[C@H]1Nc1ncc2cc(-c3c(Cl)c(OC)cc(OC)c3Cl)nc(NC3COC3)c2n1. The van der Waals surface area contributed by atoms with Gasteiger partial charge in [-0.2, -0.15) is 0 Å². The molecule has 12 heteroatoms. The van der Waals surface area contributed by atoms with Crippen molar-refractivity contribution in [1.29, 1.82) is 0 Å². The van der Waals surface area contributed by atoms with Gasteiger partial charge in [-0.25, -0.2) is 15.0 Å². The van der Waals surface area contributed by atoms with Crippen LogP contribution in [0.2, 0.25) is 10.0 Å². The molecule has 206 valence electrons. The number of carbonyl (C=O) groups excluding carboxylic acids is 1. The lowest BCUT2D eigenvalue weighted by molar-refractivity contribution is -0.116. The number of rotatable bonds is 10. The second kappa shape index (κ2) is 11.9. The minimum absolute atomic E-state index is 0.00515. The first-order chi connectivity index (χ1) is 18.9. The molecule has 39 heavy (non-hydrogen) atoms. The van der Waals surface area contributed by atoms with E-state index in [0.29, 0.717) is 82.9 Å². The van der Waals surface area contributed by atoms with Crippen LogP contribution in [0.4, 0.5) is 11.8 Å². The normalized spacial score (nSPS) is 19.3. The van der Waals surface area contributed by atoms with Crippen molar-refractivity contribution < 1.29 is 23.7 Å². The standard InChI is InChI=1S/C27H29Cl2N5O5/c1-4-17(35)7-14-5-6-38-13-19(14)33-27-30-10-15-8-18(32-26(25(15)34-27)31-16-11-39-12-16)22-23(28)20(36-2)9-21(37-3)24(22)29/h4,8-10,14,16,19H,1,5-7,11-13H2,2-3H3,(H,31,32)(H,30,33,34)/t14-,19-/m1/s1. The summed E-state index contributed by atoms with van der Waals surface area (Å²) >= 11 is 13.4. The van der Waals surface area contributed by atoms with Gasteiger partial charge in [0.15, 0.2) is 11.6 Å². The van der Waals surface area contributed by atoms with Crippen molar-refractivity contribution in [2.45, 2.75) is 24.9 Å². The predicted molar refractivity (Wildman–Crippen MR) is 150 cm³/mol. The predicted octanol–water partition coefficient (Wildman–Crippen LogP) is 4.79. The van der Waals surface area contributed by atoms with Crippen LogP contribution in [0.3, 0.4) is 0 Å². The first kappa shape index (κ1) is 27.4. The number of nitrogens with one attached hydrogen (secondary N) is 2. The van der Waals surface area contributed by atoms with Crippen molar-refractivity contribution in [1.82, 2.24) is 15.0 Å². The molecule has 2 aromatic heterocycles. The first-order valence-electron chi connectivity index (χ1n) is 12.5. The number of allylic oxidation sites excluding steroid dienone is 1. The largest absolute Gasteiger partial charge is 0.495 e. The van der Waals surface area contributed by atoms with E-state index in [1.165, 1.54) is 20.3 Å². The second-order valence-corrected chi connectivity index (χ2v) is 10.2. The summed E-state index contributed by atoms with van der Waals surface area (Å²) < 4.78 is 21.9. The maximum absolute atomic E-state index is 12.0. The Bertz CT molecular complexity index is 1370. The summed E-state index contributed by atoms with van der Waals surface area (Å²) in [5.41, 5.74) is 1.59. The summed E-state index contributed by atoms with van der Waals surface area (Å²) in [6, 6.07) is 3.41. The number of hydrogen-bond donors (Lipinski definition) is 2. The lowest BCUT2D eigenvalue weighted by Gasteiger charge is -2.31. The number of pyridine rings is 1. The highest BCUT2D eigenvalue weighted by molar-refractivity contribution is 6.41. The first-order valence-corrected chi connectivity index (χ1v) is 13.3. The summed E-state index contributed by atoms with van der Waals surface area (Å²) in [6.45, 7) is 5.76. The molecule has 0 spiro atoms. The number of hydrogen-bond acceptors (Lipinski definition) is 10. The molecule has 10 nitrogen and oxygen atoms in total. The highest BCUT2D eigenvalue weighted by Crippen LogP contribution is 2.46. The maximum atomic E-state index is 12.0. The summed E-state index contributed by atoms with van der Waals surface area (Å²) in [5, 5.41) is 8.13. The van der Waals surface area contributed by atoms with E-state index >= 15 is 0 Å². The van der Waals surface area contributed by atoms with E-state index in [2.05, 4.69) is 22.2 Å². The number of ether oxygens (including phenoxy) is 4. The van der Waals surface area contributed by atoms with E-state index in [9.17, 15) is 4.79 Å². The molecule has 0 radical (unpaired) electrons. The van der Waals surface area contributed by atoms with Gasteiger partial charge in [0.25, 0.3) is 0 Å². The van der Waals surface area contributed by atoms with Crippen LogP contribution < -0.4 is 20.1 Å². The molecule has 2 N–H and O–H groups in total. The molecule has 3 aromatic rings. The zero-order valence-corrected chi connectivity index (χ0v) is 23.1. The number of halogens is 2. The second-order valence-electron chi connectivity index (χ2n) is 9.40. The minimum Gasteiger partial charge on any atom is -0.495 e. The van der Waals surface area contributed by atoms with Gasteiger partial charge in [0.1, 0.15) is 17.0 Å². The molecule has 1 aromatic carbocycles. The molecule has 5 rings (SSSR count). The van der Waals surface area contributed by atoms with Crippen molar-refractivity contribution in [3.63, 3.8) is 0 Å². The van der Waals surface area contributed by atoms with Gasteiger partial charge in [-0.1, -0.05) is 29.8 Å². The summed E-state index contributed by atoms with van der Waals surface area (Å²) in [7, 11) is 3.04. The van der Waals surface area contributed by atoms with Crippen molar-refractivity contribution >= 4 is 51.7 Å². The van der Waals surface area contributed by atoms with Gasteiger partial charge >= 0.3 is 0 Å². The number of fused-ring (bicyclic) bond motifs is 1. The topological polar surface area (TPSA) is 117 Å². The number of ketones is 1.